The normalized spacial score (nSPS) is 11.3. The molecule has 0 aliphatic rings. The highest BCUT2D eigenvalue weighted by Crippen LogP contribution is 2.33. The number of anilines is 1. The summed E-state index contributed by atoms with van der Waals surface area (Å²) in [7, 11) is 1.35. The fourth-order valence-electron chi connectivity index (χ4n) is 3.14. The molecule has 4 rings (SSSR count). The summed E-state index contributed by atoms with van der Waals surface area (Å²) in [5.41, 5.74) is 0.491. The summed E-state index contributed by atoms with van der Waals surface area (Å²) in [5, 5.41) is 13.5. The number of amides is 1. The van der Waals surface area contributed by atoms with Gasteiger partial charge in [0, 0.05) is 24.1 Å². The molecular weight excluding hydrogens is 437 g/mol. The fourth-order valence-corrected chi connectivity index (χ4v) is 3.14. The van der Waals surface area contributed by atoms with Gasteiger partial charge in [-0.15, -0.1) is 10.2 Å². The summed E-state index contributed by atoms with van der Waals surface area (Å²) in [6, 6.07) is 13.2. The number of halogens is 3. The molecule has 11 heteroatoms. The molecule has 0 radical (unpaired) electrons. The summed E-state index contributed by atoms with van der Waals surface area (Å²) in [6.45, 7) is 0. The molecule has 0 aliphatic heterocycles. The minimum atomic E-state index is -4.86. The van der Waals surface area contributed by atoms with E-state index in [9.17, 15) is 18.0 Å². The largest absolute Gasteiger partial charge is 0.480 e. The van der Waals surface area contributed by atoms with Gasteiger partial charge in [-0.2, -0.15) is 18.3 Å². The van der Waals surface area contributed by atoms with Crippen molar-refractivity contribution in [3.8, 4) is 11.7 Å². The van der Waals surface area contributed by atoms with Crippen LogP contribution in [0.5, 0.6) is 5.88 Å². The molecule has 3 heterocycles. The van der Waals surface area contributed by atoms with E-state index in [1.165, 1.54) is 19.2 Å². The van der Waals surface area contributed by atoms with Crippen LogP contribution in [0.15, 0.2) is 67.1 Å². The van der Waals surface area contributed by atoms with Crippen molar-refractivity contribution >= 4 is 11.6 Å². The van der Waals surface area contributed by atoms with Gasteiger partial charge in [0.1, 0.15) is 0 Å². The second-order valence-corrected chi connectivity index (χ2v) is 6.93. The molecule has 0 unspecified atom stereocenters. The van der Waals surface area contributed by atoms with Gasteiger partial charge < -0.3 is 10.1 Å². The average Bonchev–Trinajstić information content (AvgIpc) is 3.27. The smallest absolute Gasteiger partial charge is 0.434 e. The fraction of sp³-hybridized carbons (Fsp3) is 0.136. The maximum absolute atomic E-state index is 13.8. The first-order chi connectivity index (χ1) is 15.8. The Bertz CT molecular complexity index is 1240. The molecule has 0 spiro atoms. The first-order valence-corrected chi connectivity index (χ1v) is 9.67. The van der Waals surface area contributed by atoms with E-state index >= 15 is 0 Å². The Morgan fingerprint density at radius 3 is 2.30 bits per heavy atom. The van der Waals surface area contributed by atoms with Crippen LogP contribution in [0.1, 0.15) is 27.2 Å². The number of nitrogens with zero attached hydrogens (tertiary/aromatic N) is 5. The monoisotopic (exact) mass is 454 g/mol. The molecule has 1 aromatic carbocycles. The van der Waals surface area contributed by atoms with E-state index in [0.29, 0.717) is 16.8 Å². The van der Waals surface area contributed by atoms with Crippen molar-refractivity contribution in [1.29, 1.82) is 0 Å². The molecule has 3 aromatic heterocycles. The van der Waals surface area contributed by atoms with Crippen molar-refractivity contribution in [3.63, 3.8) is 0 Å². The van der Waals surface area contributed by atoms with Gasteiger partial charge in [0.05, 0.1) is 18.9 Å². The molecule has 4 aromatic rings. The molecule has 8 nitrogen and oxygen atoms in total. The molecule has 0 saturated heterocycles. The number of aromatic nitrogens is 5. The van der Waals surface area contributed by atoms with Gasteiger partial charge in [-0.05, 0) is 47.9 Å². The molecule has 168 valence electrons. The summed E-state index contributed by atoms with van der Waals surface area (Å²) in [6.07, 6.45) is 0.0331. The molecule has 33 heavy (non-hydrogen) atoms. The summed E-state index contributed by atoms with van der Waals surface area (Å²) >= 11 is 0. The number of alkyl halides is 3. The van der Waals surface area contributed by atoms with E-state index in [1.54, 1.807) is 36.7 Å². The van der Waals surface area contributed by atoms with Crippen LogP contribution in [0.25, 0.3) is 5.82 Å². The van der Waals surface area contributed by atoms with Gasteiger partial charge in [0.2, 0.25) is 5.88 Å². The van der Waals surface area contributed by atoms with Crippen molar-refractivity contribution in [2.45, 2.75) is 12.6 Å². The van der Waals surface area contributed by atoms with Crippen molar-refractivity contribution < 1.29 is 22.7 Å². The van der Waals surface area contributed by atoms with Crippen LogP contribution >= 0.6 is 0 Å². The molecule has 0 aliphatic carbocycles. The zero-order valence-electron chi connectivity index (χ0n) is 17.2. The van der Waals surface area contributed by atoms with Crippen LogP contribution in [0.4, 0.5) is 18.9 Å². The Hall–Kier alpha value is -4.28. The number of carbonyl (C=O) groups excluding carboxylic acids is 1. The van der Waals surface area contributed by atoms with E-state index in [1.807, 2.05) is 12.1 Å². The van der Waals surface area contributed by atoms with Crippen molar-refractivity contribution in [2.24, 2.45) is 0 Å². The Morgan fingerprint density at radius 2 is 1.70 bits per heavy atom. The summed E-state index contributed by atoms with van der Waals surface area (Å²) in [4.78, 5) is 16.6. The molecule has 0 atom stereocenters. The summed E-state index contributed by atoms with van der Waals surface area (Å²) < 4.78 is 46.8. The van der Waals surface area contributed by atoms with Crippen molar-refractivity contribution in [1.82, 2.24) is 25.0 Å². The van der Waals surface area contributed by atoms with Crippen LogP contribution < -0.4 is 10.1 Å². The topological polar surface area (TPSA) is 94.8 Å². The number of carbonyl (C=O) groups is 1. The Morgan fingerprint density at radius 1 is 1.00 bits per heavy atom. The zero-order valence-corrected chi connectivity index (χ0v) is 17.2. The molecule has 1 N–H and O–H groups in total. The predicted molar refractivity (Wildman–Crippen MR) is 112 cm³/mol. The van der Waals surface area contributed by atoms with Crippen LogP contribution in [-0.4, -0.2) is 38.0 Å². The van der Waals surface area contributed by atoms with Crippen LogP contribution in [-0.2, 0) is 12.6 Å². The first-order valence-electron chi connectivity index (χ1n) is 9.67. The number of rotatable bonds is 6. The average molecular weight is 454 g/mol. The van der Waals surface area contributed by atoms with E-state index in [-0.39, 0.29) is 11.7 Å². The van der Waals surface area contributed by atoms with Crippen molar-refractivity contribution in [3.05, 3.63) is 89.5 Å². The highest BCUT2D eigenvalue weighted by atomic mass is 19.4. The number of hydrogen-bond acceptors (Lipinski definition) is 6. The van der Waals surface area contributed by atoms with Crippen molar-refractivity contribution in [2.75, 3.05) is 12.4 Å². The van der Waals surface area contributed by atoms with Gasteiger partial charge in [0.15, 0.2) is 11.5 Å². The maximum atomic E-state index is 13.8. The van der Waals surface area contributed by atoms with E-state index in [2.05, 4.69) is 25.6 Å². The second-order valence-electron chi connectivity index (χ2n) is 6.93. The van der Waals surface area contributed by atoms with Crippen LogP contribution in [0.3, 0.4) is 0 Å². The lowest BCUT2D eigenvalue weighted by atomic mass is 10.1. The second kappa shape index (κ2) is 9.07. The molecule has 0 bridgehead atoms. The lowest BCUT2D eigenvalue weighted by molar-refractivity contribution is -0.143. The molecule has 0 saturated carbocycles. The number of ether oxygens (including phenoxy) is 1. The minimum absolute atomic E-state index is 0.129. The molecule has 1 amide bonds. The van der Waals surface area contributed by atoms with Gasteiger partial charge >= 0.3 is 6.18 Å². The van der Waals surface area contributed by atoms with E-state index in [0.717, 1.165) is 17.3 Å². The number of methoxy groups -OCH3 is 1. The third kappa shape index (κ3) is 4.97. The van der Waals surface area contributed by atoms with Gasteiger partial charge in [-0.25, -0.2) is 4.68 Å². The van der Waals surface area contributed by atoms with Crippen LogP contribution in [0, 0.1) is 0 Å². The SMILES string of the molecule is COc1ccc(-n2ncc(C(=O)Nc3ccc(Cc4ccncc4)cc3)c2C(F)(F)F)nn1. The van der Waals surface area contributed by atoms with E-state index < -0.39 is 23.3 Å². The highest BCUT2D eigenvalue weighted by Gasteiger charge is 2.41. The van der Waals surface area contributed by atoms with Gasteiger partial charge in [0.25, 0.3) is 5.91 Å². The lowest BCUT2D eigenvalue weighted by Gasteiger charge is -2.12. The molecule has 0 fully saturated rings. The highest BCUT2D eigenvalue weighted by molar-refractivity contribution is 6.05. The first kappa shape index (κ1) is 21.9. The third-order valence-electron chi connectivity index (χ3n) is 4.70. The quantitative estimate of drug-likeness (QED) is 0.475. The van der Waals surface area contributed by atoms with Crippen LogP contribution in [0.2, 0.25) is 0 Å². The molecular formula is C22H17F3N6O2. The number of benzene rings is 1. The maximum Gasteiger partial charge on any atom is 0.434 e. The Balaban J connectivity index is 1.56. The minimum Gasteiger partial charge on any atom is -0.480 e. The Labute approximate surface area is 186 Å². The third-order valence-corrected chi connectivity index (χ3v) is 4.70. The van der Waals surface area contributed by atoms with Gasteiger partial charge in [-0.1, -0.05) is 12.1 Å². The van der Waals surface area contributed by atoms with E-state index in [4.69, 9.17) is 4.74 Å². The lowest BCUT2D eigenvalue weighted by Crippen LogP contribution is -2.21. The predicted octanol–water partition coefficient (Wildman–Crippen LogP) is 3.93. The summed E-state index contributed by atoms with van der Waals surface area (Å²) in [5.74, 6) is -1.02. The number of hydrogen-bond donors (Lipinski definition) is 1. The Kier molecular flexibility index (Phi) is 6.03. The standard InChI is InChI=1S/C22H17F3N6O2/c1-33-19-7-6-18(29-30-19)31-20(22(23,24)25)17(13-27-31)21(32)28-16-4-2-14(3-5-16)12-15-8-10-26-11-9-15/h2-11,13H,12H2,1H3,(H,28,32). The zero-order chi connectivity index (χ0) is 23.4. The number of pyridine rings is 1. The number of nitrogens with one attached hydrogen (secondary N) is 1. The van der Waals surface area contributed by atoms with Gasteiger partial charge in [-0.3, -0.25) is 9.78 Å².